The number of H-pyrrole nitrogens is 2. The van der Waals surface area contributed by atoms with Crippen LogP contribution < -0.4 is 10.9 Å². The molecule has 0 aliphatic rings. The Bertz CT molecular complexity index is 1010. The van der Waals surface area contributed by atoms with Crippen LogP contribution >= 0.6 is 24.0 Å². The number of fused-ring (bicyclic) bond motifs is 1. The molecule has 122 valence electrons. The van der Waals surface area contributed by atoms with Crippen LogP contribution in [0.2, 0.25) is 0 Å². The number of nitrogens with one attached hydrogen (secondary N) is 3. The van der Waals surface area contributed by atoms with Crippen molar-refractivity contribution in [3.8, 4) is 0 Å². The van der Waals surface area contributed by atoms with E-state index < -0.39 is 0 Å². The first-order chi connectivity index (χ1) is 11.6. The molecule has 2 aromatic heterocycles. The van der Waals surface area contributed by atoms with Crippen molar-refractivity contribution < 1.29 is 4.79 Å². The first-order valence-corrected chi connectivity index (χ1v) is 8.63. The Morgan fingerprint density at radius 3 is 2.83 bits per heavy atom. The molecule has 0 aliphatic carbocycles. The lowest BCUT2D eigenvalue weighted by Crippen LogP contribution is -2.13. The molecule has 8 heteroatoms. The molecule has 3 N–H and O–H groups in total. The molecule has 0 aliphatic heterocycles. The Morgan fingerprint density at radius 1 is 1.29 bits per heavy atom. The van der Waals surface area contributed by atoms with Gasteiger partial charge in [-0.05, 0) is 48.3 Å². The van der Waals surface area contributed by atoms with E-state index in [1.807, 2.05) is 12.1 Å². The number of thioether (sulfide) groups is 1. The van der Waals surface area contributed by atoms with E-state index in [1.54, 1.807) is 36.2 Å². The lowest BCUT2D eigenvalue weighted by Gasteiger charge is -2.06. The molecule has 0 bridgehead atoms. The van der Waals surface area contributed by atoms with Crippen molar-refractivity contribution in [1.82, 2.24) is 15.0 Å². The molecule has 3 aromatic rings. The standard InChI is InChI=1S/C16H14N4O2S2/c1-2-24-13-6-4-10(8-17-13)18-14(21)9-3-5-11-12(7-9)19-16(23)20-15(11)22/h3-8H,2H2,1H3,(H,18,21)(H2,19,20,22,23). The van der Waals surface area contributed by atoms with Crippen LogP contribution in [0.5, 0.6) is 0 Å². The Hall–Kier alpha value is -2.45. The highest BCUT2D eigenvalue weighted by Gasteiger charge is 2.09. The maximum absolute atomic E-state index is 12.4. The quantitative estimate of drug-likeness (QED) is 0.491. The highest BCUT2D eigenvalue weighted by Crippen LogP contribution is 2.17. The van der Waals surface area contributed by atoms with Gasteiger partial charge in [-0.3, -0.25) is 14.6 Å². The van der Waals surface area contributed by atoms with E-state index in [0.29, 0.717) is 22.2 Å². The zero-order chi connectivity index (χ0) is 17.1. The average Bonchev–Trinajstić information content (AvgIpc) is 2.56. The second-order valence-corrected chi connectivity index (χ2v) is 6.63. The highest BCUT2D eigenvalue weighted by molar-refractivity contribution is 7.99. The Morgan fingerprint density at radius 2 is 2.12 bits per heavy atom. The van der Waals surface area contributed by atoms with Crippen LogP contribution in [0, 0.1) is 4.77 Å². The zero-order valence-electron chi connectivity index (χ0n) is 12.8. The van der Waals surface area contributed by atoms with Crippen molar-refractivity contribution >= 4 is 46.5 Å². The van der Waals surface area contributed by atoms with Gasteiger partial charge in [-0.25, -0.2) is 4.98 Å². The summed E-state index contributed by atoms with van der Waals surface area (Å²) in [6.07, 6.45) is 1.62. The molecular weight excluding hydrogens is 344 g/mol. The molecule has 24 heavy (non-hydrogen) atoms. The smallest absolute Gasteiger partial charge is 0.259 e. The number of pyridine rings is 1. The maximum atomic E-state index is 12.4. The molecule has 0 fully saturated rings. The van der Waals surface area contributed by atoms with E-state index in [4.69, 9.17) is 12.2 Å². The molecule has 1 amide bonds. The summed E-state index contributed by atoms with van der Waals surface area (Å²) in [4.78, 5) is 33.8. The van der Waals surface area contributed by atoms with Gasteiger partial charge in [0.05, 0.1) is 27.8 Å². The van der Waals surface area contributed by atoms with Crippen LogP contribution in [0.3, 0.4) is 0 Å². The summed E-state index contributed by atoms with van der Waals surface area (Å²) in [5.74, 6) is 0.658. The number of rotatable bonds is 4. The first kappa shape index (κ1) is 16.4. The number of aromatic amines is 2. The van der Waals surface area contributed by atoms with Gasteiger partial charge in [-0.15, -0.1) is 11.8 Å². The van der Waals surface area contributed by atoms with Gasteiger partial charge >= 0.3 is 0 Å². The maximum Gasteiger partial charge on any atom is 0.259 e. The summed E-state index contributed by atoms with van der Waals surface area (Å²) >= 11 is 6.59. The summed E-state index contributed by atoms with van der Waals surface area (Å²) in [5, 5.41) is 4.14. The molecule has 2 heterocycles. The molecule has 0 saturated heterocycles. The van der Waals surface area contributed by atoms with Gasteiger partial charge < -0.3 is 10.3 Å². The Balaban J connectivity index is 1.85. The van der Waals surface area contributed by atoms with Crippen molar-refractivity contribution in [3.05, 3.63) is 57.2 Å². The lowest BCUT2D eigenvalue weighted by molar-refractivity contribution is 0.102. The largest absolute Gasteiger partial charge is 0.332 e. The fraction of sp³-hybridized carbons (Fsp3) is 0.125. The minimum absolute atomic E-state index is 0.221. The monoisotopic (exact) mass is 358 g/mol. The minimum Gasteiger partial charge on any atom is -0.332 e. The van der Waals surface area contributed by atoms with Gasteiger partial charge in [0.2, 0.25) is 0 Å². The molecule has 1 aromatic carbocycles. The van der Waals surface area contributed by atoms with E-state index in [-0.39, 0.29) is 16.2 Å². The number of aromatic nitrogens is 3. The minimum atomic E-state index is -0.283. The summed E-state index contributed by atoms with van der Waals surface area (Å²) < 4.78 is 0.221. The second-order valence-electron chi connectivity index (χ2n) is 4.94. The third kappa shape index (κ3) is 3.55. The topological polar surface area (TPSA) is 90.6 Å². The fourth-order valence-electron chi connectivity index (χ4n) is 2.20. The van der Waals surface area contributed by atoms with Gasteiger partial charge in [0, 0.05) is 5.56 Å². The Labute approximate surface area is 146 Å². The summed E-state index contributed by atoms with van der Waals surface area (Å²) in [6, 6.07) is 8.46. The van der Waals surface area contributed by atoms with Crippen molar-refractivity contribution in [3.63, 3.8) is 0 Å². The van der Waals surface area contributed by atoms with Gasteiger partial charge in [0.25, 0.3) is 11.5 Å². The number of nitrogens with zero attached hydrogens (tertiary/aromatic N) is 1. The number of hydrogen-bond donors (Lipinski definition) is 3. The highest BCUT2D eigenvalue weighted by atomic mass is 32.2. The van der Waals surface area contributed by atoms with Crippen LogP contribution in [0.15, 0.2) is 46.3 Å². The predicted molar refractivity (Wildman–Crippen MR) is 98.3 cm³/mol. The summed E-state index contributed by atoms with van der Waals surface area (Å²) in [7, 11) is 0. The number of benzene rings is 1. The van der Waals surface area contributed by atoms with Crippen molar-refractivity contribution in [2.45, 2.75) is 11.9 Å². The molecule has 3 rings (SSSR count). The average molecular weight is 358 g/mol. The van der Waals surface area contributed by atoms with Gasteiger partial charge in [0.15, 0.2) is 4.77 Å². The van der Waals surface area contributed by atoms with E-state index in [2.05, 4.69) is 27.2 Å². The number of amides is 1. The first-order valence-electron chi connectivity index (χ1n) is 7.23. The van der Waals surface area contributed by atoms with Crippen LogP contribution in [-0.4, -0.2) is 26.6 Å². The van der Waals surface area contributed by atoms with E-state index in [1.165, 1.54) is 0 Å². The molecule has 0 saturated carbocycles. The summed E-state index contributed by atoms with van der Waals surface area (Å²) in [5.41, 5.74) is 1.27. The normalized spacial score (nSPS) is 10.7. The van der Waals surface area contributed by atoms with E-state index in [9.17, 15) is 9.59 Å². The lowest BCUT2D eigenvalue weighted by atomic mass is 10.1. The molecular formula is C16H14N4O2S2. The zero-order valence-corrected chi connectivity index (χ0v) is 14.4. The third-order valence-electron chi connectivity index (χ3n) is 3.29. The number of carbonyl (C=O) groups excluding carboxylic acids is 1. The molecule has 6 nitrogen and oxygen atoms in total. The van der Waals surface area contributed by atoms with Gasteiger partial charge in [0.1, 0.15) is 0 Å². The number of carbonyl (C=O) groups is 1. The van der Waals surface area contributed by atoms with Crippen LogP contribution in [0.4, 0.5) is 5.69 Å². The van der Waals surface area contributed by atoms with E-state index in [0.717, 1.165) is 10.8 Å². The summed E-state index contributed by atoms with van der Waals surface area (Å²) in [6.45, 7) is 2.05. The fourth-order valence-corrected chi connectivity index (χ4v) is 2.99. The van der Waals surface area contributed by atoms with Crippen molar-refractivity contribution in [1.29, 1.82) is 0 Å². The SMILES string of the molecule is CCSc1ccc(NC(=O)c2ccc3c(=O)[nH]c(=S)[nH]c3c2)cn1. The molecule has 0 spiro atoms. The van der Waals surface area contributed by atoms with Crippen molar-refractivity contribution in [2.75, 3.05) is 11.1 Å². The van der Waals surface area contributed by atoms with Gasteiger partial charge in [-0.1, -0.05) is 6.92 Å². The second kappa shape index (κ2) is 6.98. The van der Waals surface area contributed by atoms with Crippen molar-refractivity contribution in [2.24, 2.45) is 0 Å². The van der Waals surface area contributed by atoms with Crippen LogP contribution in [0.1, 0.15) is 17.3 Å². The number of anilines is 1. The van der Waals surface area contributed by atoms with Gasteiger partial charge in [-0.2, -0.15) is 0 Å². The molecule has 0 atom stereocenters. The molecule has 0 unspecified atom stereocenters. The predicted octanol–water partition coefficient (Wildman–Crippen LogP) is 3.34. The number of hydrogen-bond acceptors (Lipinski definition) is 5. The Kier molecular flexibility index (Phi) is 4.77. The third-order valence-corrected chi connectivity index (χ3v) is 4.32. The van der Waals surface area contributed by atoms with Crippen LogP contribution in [-0.2, 0) is 0 Å². The van der Waals surface area contributed by atoms with E-state index >= 15 is 0 Å². The van der Waals surface area contributed by atoms with Crippen LogP contribution in [0.25, 0.3) is 10.9 Å². The molecule has 0 radical (unpaired) electrons.